The first kappa shape index (κ1) is 17.1. The van der Waals surface area contributed by atoms with Crippen molar-refractivity contribution in [3.05, 3.63) is 63.9 Å². The van der Waals surface area contributed by atoms with Crippen molar-refractivity contribution < 1.29 is 18.7 Å². The average molecular weight is 357 g/mol. The molecule has 23 heavy (non-hydrogen) atoms. The Kier molecular flexibility index (Phi) is 5.78. The molecule has 8 heteroatoms. The van der Waals surface area contributed by atoms with Gasteiger partial charge in [0.1, 0.15) is 11.6 Å². The summed E-state index contributed by atoms with van der Waals surface area (Å²) in [5.41, 5.74) is 4.56. The molecule has 0 atom stereocenters. The zero-order valence-corrected chi connectivity index (χ0v) is 13.1. The maximum absolute atomic E-state index is 12.7. The molecule has 0 aliphatic rings. The fourth-order valence-corrected chi connectivity index (χ4v) is 2.10. The Morgan fingerprint density at radius 2 is 1.61 bits per heavy atom. The highest BCUT2D eigenvalue weighted by atomic mass is 35.5. The molecule has 2 rings (SSSR count). The van der Waals surface area contributed by atoms with E-state index in [1.807, 2.05) is 0 Å². The van der Waals surface area contributed by atoms with Gasteiger partial charge in [-0.1, -0.05) is 23.2 Å². The molecule has 0 aromatic heterocycles. The molecule has 2 aromatic rings. The second-order valence-electron chi connectivity index (χ2n) is 4.40. The van der Waals surface area contributed by atoms with Gasteiger partial charge in [0.25, 0.3) is 11.8 Å². The third kappa shape index (κ3) is 5.43. The van der Waals surface area contributed by atoms with Crippen LogP contribution in [0.1, 0.15) is 10.4 Å². The SMILES string of the molecule is O=C(COc1cc(Cl)cc(Cl)c1)NNC(=O)c1ccc(F)cc1. The summed E-state index contributed by atoms with van der Waals surface area (Å²) in [6.45, 7) is -0.347. The Morgan fingerprint density at radius 1 is 1.00 bits per heavy atom. The van der Waals surface area contributed by atoms with Crippen LogP contribution in [0.4, 0.5) is 4.39 Å². The zero-order valence-electron chi connectivity index (χ0n) is 11.6. The highest BCUT2D eigenvalue weighted by molar-refractivity contribution is 6.34. The van der Waals surface area contributed by atoms with Crippen molar-refractivity contribution in [2.24, 2.45) is 0 Å². The first-order chi connectivity index (χ1) is 10.9. The first-order valence-electron chi connectivity index (χ1n) is 6.37. The van der Waals surface area contributed by atoms with E-state index in [9.17, 15) is 14.0 Å². The van der Waals surface area contributed by atoms with E-state index in [1.54, 1.807) is 0 Å². The van der Waals surface area contributed by atoms with Gasteiger partial charge in [-0.15, -0.1) is 0 Å². The quantitative estimate of drug-likeness (QED) is 0.827. The lowest BCUT2D eigenvalue weighted by atomic mass is 10.2. The van der Waals surface area contributed by atoms with E-state index in [2.05, 4.69) is 10.9 Å². The van der Waals surface area contributed by atoms with Crippen molar-refractivity contribution >= 4 is 35.0 Å². The third-order valence-corrected chi connectivity index (χ3v) is 3.06. The topological polar surface area (TPSA) is 67.4 Å². The minimum absolute atomic E-state index is 0.203. The predicted molar refractivity (Wildman–Crippen MR) is 84.0 cm³/mol. The number of hydrazine groups is 1. The number of benzene rings is 2. The van der Waals surface area contributed by atoms with Crippen LogP contribution < -0.4 is 15.6 Å². The van der Waals surface area contributed by atoms with Gasteiger partial charge in [-0.2, -0.15) is 0 Å². The lowest BCUT2D eigenvalue weighted by molar-refractivity contribution is -0.123. The van der Waals surface area contributed by atoms with Gasteiger partial charge in [-0.25, -0.2) is 4.39 Å². The maximum atomic E-state index is 12.7. The Hall–Kier alpha value is -2.31. The number of hydrogen-bond acceptors (Lipinski definition) is 3. The number of hydrogen-bond donors (Lipinski definition) is 2. The lowest BCUT2D eigenvalue weighted by Gasteiger charge is -2.09. The number of carbonyl (C=O) groups excluding carboxylic acids is 2. The minimum atomic E-state index is -0.587. The molecule has 0 spiro atoms. The van der Waals surface area contributed by atoms with Gasteiger partial charge >= 0.3 is 0 Å². The van der Waals surface area contributed by atoms with E-state index < -0.39 is 17.6 Å². The number of rotatable bonds is 4. The molecule has 5 nitrogen and oxygen atoms in total. The summed E-state index contributed by atoms with van der Waals surface area (Å²) in [7, 11) is 0. The second kappa shape index (κ2) is 7.80. The molecule has 0 heterocycles. The summed E-state index contributed by atoms with van der Waals surface area (Å²) in [4.78, 5) is 23.3. The highest BCUT2D eigenvalue weighted by Crippen LogP contribution is 2.23. The molecule has 2 amide bonds. The van der Waals surface area contributed by atoms with Gasteiger partial charge in [-0.05, 0) is 42.5 Å². The smallest absolute Gasteiger partial charge is 0.276 e. The standard InChI is InChI=1S/C15H11Cl2FN2O3/c16-10-5-11(17)7-13(6-10)23-8-14(21)19-20-15(22)9-1-3-12(18)4-2-9/h1-7H,8H2,(H,19,21)(H,20,22). The van der Waals surface area contributed by atoms with Crippen LogP contribution in [0.5, 0.6) is 5.75 Å². The molecule has 120 valence electrons. The van der Waals surface area contributed by atoms with E-state index in [-0.39, 0.29) is 12.2 Å². The summed E-state index contributed by atoms with van der Waals surface area (Å²) < 4.78 is 17.9. The summed E-state index contributed by atoms with van der Waals surface area (Å²) in [6, 6.07) is 9.39. The van der Waals surface area contributed by atoms with E-state index in [4.69, 9.17) is 27.9 Å². The lowest BCUT2D eigenvalue weighted by Crippen LogP contribution is -2.43. The van der Waals surface area contributed by atoms with Gasteiger partial charge in [-0.3, -0.25) is 20.4 Å². The number of carbonyl (C=O) groups is 2. The average Bonchev–Trinajstić information content (AvgIpc) is 2.50. The zero-order chi connectivity index (χ0) is 16.8. The van der Waals surface area contributed by atoms with Crippen molar-refractivity contribution in [3.63, 3.8) is 0 Å². The number of nitrogens with one attached hydrogen (secondary N) is 2. The van der Waals surface area contributed by atoms with Gasteiger partial charge < -0.3 is 4.74 Å². The molecule has 0 unspecified atom stereocenters. The van der Waals surface area contributed by atoms with Crippen LogP contribution in [0, 0.1) is 5.82 Å². The van der Waals surface area contributed by atoms with Crippen molar-refractivity contribution in [1.29, 1.82) is 0 Å². The van der Waals surface area contributed by atoms with Gasteiger partial charge in [0.05, 0.1) is 0 Å². The second-order valence-corrected chi connectivity index (χ2v) is 5.28. The van der Waals surface area contributed by atoms with Crippen LogP contribution in [0.15, 0.2) is 42.5 Å². The molecule has 2 aromatic carbocycles. The summed E-state index contributed by atoms with van der Waals surface area (Å²) in [6.07, 6.45) is 0. The molecule has 0 aliphatic heterocycles. The van der Waals surface area contributed by atoms with Crippen LogP contribution in [0.25, 0.3) is 0 Å². The Labute approximate surface area is 141 Å². The van der Waals surface area contributed by atoms with E-state index >= 15 is 0 Å². The van der Waals surface area contributed by atoms with E-state index in [0.29, 0.717) is 15.8 Å². The number of amides is 2. The predicted octanol–water partition coefficient (Wildman–Crippen LogP) is 2.97. The molecule has 0 aliphatic carbocycles. The van der Waals surface area contributed by atoms with Gasteiger partial charge in [0.15, 0.2) is 6.61 Å². The van der Waals surface area contributed by atoms with Crippen LogP contribution in [0.3, 0.4) is 0 Å². The van der Waals surface area contributed by atoms with Gasteiger partial charge in [0, 0.05) is 15.6 Å². The highest BCUT2D eigenvalue weighted by Gasteiger charge is 2.08. The van der Waals surface area contributed by atoms with Crippen molar-refractivity contribution in [3.8, 4) is 5.75 Å². The fraction of sp³-hybridized carbons (Fsp3) is 0.0667. The Morgan fingerprint density at radius 3 is 2.22 bits per heavy atom. The van der Waals surface area contributed by atoms with Crippen molar-refractivity contribution in [2.75, 3.05) is 6.61 Å². The molecule has 0 bridgehead atoms. The first-order valence-corrected chi connectivity index (χ1v) is 7.13. The van der Waals surface area contributed by atoms with Crippen molar-refractivity contribution in [1.82, 2.24) is 10.9 Å². The van der Waals surface area contributed by atoms with Crippen molar-refractivity contribution in [2.45, 2.75) is 0 Å². The number of halogens is 3. The minimum Gasteiger partial charge on any atom is -0.484 e. The largest absolute Gasteiger partial charge is 0.484 e. The molecule has 0 saturated heterocycles. The van der Waals surface area contributed by atoms with Crippen LogP contribution >= 0.6 is 23.2 Å². The molecule has 0 fully saturated rings. The molecule has 0 radical (unpaired) electrons. The molecule has 0 saturated carbocycles. The molecule has 2 N–H and O–H groups in total. The number of ether oxygens (including phenoxy) is 1. The summed E-state index contributed by atoms with van der Waals surface area (Å²) in [5.74, 6) is -1.30. The van der Waals surface area contributed by atoms with E-state index in [1.165, 1.54) is 30.3 Å². The third-order valence-electron chi connectivity index (χ3n) is 2.63. The Balaban J connectivity index is 1.80. The molecular formula is C15H11Cl2FN2O3. The monoisotopic (exact) mass is 356 g/mol. The summed E-state index contributed by atoms with van der Waals surface area (Å²) in [5, 5.41) is 0.745. The van der Waals surface area contributed by atoms with Crippen LogP contribution in [0.2, 0.25) is 10.0 Å². The molecular weight excluding hydrogens is 346 g/mol. The fourth-order valence-electron chi connectivity index (χ4n) is 1.60. The Bertz CT molecular complexity index is 703. The summed E-state index contributed by atoms with van der Waals surface area (Å²) >= 11 is 11.6. The normalized spacial score (nSPS) is 10.0. The van der Waals surface area contributed by atoms with Crippen LogP contribution in [-0.4, -0.2) is 18.4 Å². The van der Waals surface area contributed by atoms with E-state index in [0.717, 1.165) is 12.1 Å². The maximum Gasteiger partial charge on any atom is 0.276 e. The van der Waals surface area contributed by atoms with Gasteiger partial charge in [0.2, 0.25) is 0 Å². The van der Waals surface area contributed by atoms with Crippen LogP contribution in [-0.2, 0) is 4.79 Å².